The number of urea groups is 1. The third-order valence-electron chi connectivity index (χ3n) is 5.13. The molecule has 0 radical (unpaired) electrons. The van der Waals surface area contributed by atoms with Gasteiger partial charge < -0.3 is 9.47 Å². The molecule has 11 heteroatoms. The molecule has 2 aliphatic heterocycles. The molecular weight excluding hydrogens is 396 g/mol. The molecule has 2 amide bonds. The van der Waals surface area contributed by atoms with Crippen molar-refractivity contribution in [2.24, 2.45) is 7.05 Å². The van der Waals surface area contributed by atoms with Gasteiger partial charge in [0.15, 0.2) is 0 Å². The minimum atomic E-state index is -4.00. The molecule has 29 heavy (non-hydrogen) atoms. The van der Waals surface area contributed by atoms with Gasteiger partial charge in [0.1, 0.15) is 12.4 Å². The van der Waals surface area contributed by atoms with Crippen LogP contribution in [0, 0.1) is 5.41 Å². The Labute approximate surface area is 168 Å². The lowest BCUT2D eigenvalue weighted by Crippen LogP contribution is -2.50. The van der Waals surface area contributed by atoms with Crippen molar-refractivity contribution in [3.8, 4) is 0 Å². The van der Waals surface area contributed by atoms with Gasteiger partial charge in [0.05, 0.1) is 12.1 Å². The van der Waals surface area contributed by atoms with Crippen LogP contribution in [0.1, 0.15) is 18.4 Å². The van der Waals surface area contributed by atoms with Crippen molar-refractivity contribution < 1.29 is 18.0 Å². The molecule has 0 saturated carbocycles. The molecule has 1 aromatic heterocycles. The zero-order chi connectivity index (χ0) is 20.6. The molecule has 0 aliphatic carbocycles. The number of piperidine rings is 1. The van der Waals surface area contributed by atoms with E-state index in [-0.39, 0.29) is 29.7 Å². The number of carbonyl (C=O) groups is 1. The Bertz CT molecular complexity index is 1020. The monoisotopic (exact) mass is 418 g/mol. The van der Waals surface area contributed by atoms with Gasteiger partial charge in [-0.1, -0.05) is 30.3 Å². The van der Waals surface area contributed by atoms with Crippen molar-refractivity contribution >= 4 is 21.9 Å². The average molecular weight is 418 g/mol. The maximum atomic E-state index is 12.8. The van der Waals surface area contributed by atoms with Crippen molar-refractivity contribution in [1.82, 2.24) is 24.2 Å². The van der Waals surface area contributed by atoms with E-state index in [1.807, 2.05) is 30.3 Å². The molecule has 3 heterocycles. The maximum absolute atomic E-state index is 12.8. The first-order chi connectivity index (χ1) is 13.9. The van der Waals surface area contributed by atoms with Gasteiger partial charge in [-0.15, -0.1) is 0 Å². The first-order valence-corrected chi connectivity index (χ1v) is 10.7. The second-order valence-corrected chi connectivity index (χ2v) is 8.68. The molecule has 2 aliphatic rings. The van der Waals surface area contributed by atoms with Crippen LogP contribution in [-0.4, -0.2) is 58.4 Å². The van der Waals surface area contributed by atoms with Gasteiger partial charge in [0.2, 0.25) is 5.16 Å². The molecule has 154 valence electrons. The number of imidazole rings is 1. The lowest BCUT2D eigenvalue weighted by atomic mass is 10.0. The van der Waals surface area contributed by atoms with E-state index in [1.165, 1.54) is 26.9 Å². The summed E-state index contributed by atoms with van der Waals surface area (Å²) in [6, 6.07) is 8.42. The summed E-state index contributed by atoms with van der Waals surface area (Å²) >= 11 is 0. The van der Waals surface area contributed by atoms with Gasteiger partial charge in [0, 0.05) is 26.0 Å². The summed E-state index contributed by atoms with van der Waals surface area (Å²) in [5.41, 5.74) is 0.948. The Morgan fingerprint density at radius 3 is 2.76 bits per heavy atom. The molecular formula is C18H22N6O4S. The van der Waals surface area contributed by atoms with Crippen LogP contribution < -0.4 is 4.72 Å². The van der Waals surface area contributed by atoms with Crippen molar-refractivity contribution in [2.45, 2.75) is 36.7 Å². The quantitative estimate of drug-likeness (QED) is 0.537. The lowest BCUT2D eigenvalue weighted by molar-refractivity contribution is -0.140. The largest absolute Gasteiger partial charge is 0.344 e. The Hall–Kier alpha value is -2.92. The van der Waals surface area contributed by atoms with E-state index in [1.54, 1.807) is 7.05 Å². The Kier molecular flexibility index (Phi) is 5.01. The molecule has 2 aromatic rings. The second kappa shape index (κ2) is 7.48. The van der Waals surface area contributed by atoms with Crippen LogP contribution in [0.15, 0.2) is 47.9 Å². The highest BCUT2D eigenvalue weighted by Crippen LogP contribution is 2.30. The topological polar surface area (TPSA) is 121 Å². The van der Waals surface area contributed by atoms with Crippen LogP contribution in [0.4, 0.5) is 4.79 Å². The summed E-state index contributed by atoms with van der Waals surface area (Å²) < 4.78 is 28.6. The van der Waals surface area contributed by atoms with Crippen LogP contribution in [0.2, 0.25) is 0 Å². The highest BCUT2D eigenvalue weighted by Gasteiger charge is 2.47. The number of aryl methyl sites for hydroxylation is 1. The molecule has 2 bridgehead atoms. The number of sulfonamides is 1. The van der Waals surface area contributed by atoms with E-state index < -0.39 is 16.1 Å². The fourth-order valence-corrected chi connectivity index (χ4v) is 4.84. The minimum absolute atomic E-state index is 0.110. The average Bonchev–Trinajstić information content (AvgIpc) is 3.23. The summed E-state index contributed by atoms with van der Waals surface area (Å²) in [5, 5.41) is 9.45. The number of amides is 2. The first kappa shape index (κ1) is 19.4. The minimum Gasteiger partial charge on any atom is -0.323 e. The molecule has 4 rings (SSSR count). The molecule has 2 atom stereocenters. The number of fused-ring (bicyclic) bond motifs is 2. The van der Waals surface area contributed by atoms with Crippen molar-refractivity contribution in [3.63, 3.8) is 0 Å². The number of benzene rings is 1. The first-order valence-electron chi connectivity index (χ1n) is 9.22. The predicted octanol–water partition coefficient (Wildman–Crippen LogP) is 1.08. The Morgan fingerprint density at radius 1 is 1.31 bits per heavy atom. The van der Waals surface area contributed by atoms with Gasteiger partial charge in [-0.3, -0.25) is 15.0 Å². The molecule has 0 spiro atoms. The van der Waals surface area contributed by atoms with Crippen molar-refractivity contribution in [3.05, 3.63) is 48.3 Å². The van der Waals surface area contributed by atoms with Crippen LogP contribution >= 0.6 is 0 Å². The van der Waals surface area contributed by atoms with Gasteiger partial charge in [-0.2, -0.15) is 13.5 Å². The number of hydrogen-bond donors (Lipinski definition) is 2. The standard InChI is InChI=1S/C18H22N6O4S/c1-22-10-9-20-17(22)29(26,27)21-16(19)15-8-7-14-11-23(15)18(25)24(14)28-12-13-5-3-2-4-6-13/h2-6,9-10,14-15H,7-8,11-12H2,1H3,(H2,19,21)/t14-,15+/m1/s1. The fourth-order valence-electron chi connectivity index (χ4n) is 3.69. The van der Waals surface area contributed by atoms with E-state index in [0.717, 1.165) is 5.56 Å². The normalized spacial score (nSPS) is 21.5. The van der Waals surface area contributed by atoms with Crippen molar-refractivity contribution in [1.29, 1.82) is 5.41 Å². The van der Waals surface area contributed by atoms with E-state index in [4.69, 9.17) is 10.2 Å². The summed E-state index contributed by atoms with van der Waals surface area (Å²) in [5.74, 6) is -0.246. The molecule has 10 nitrogen and oxygen atoms in total. The van der Waals surface area contributed by atoms with Gasteiger partial charge in [0.25, 0.3) is 10.0 Å². The SMILES string of the molecule is Cn1ccnc1S(=O)(=O)NC(=N)[C@@H]1CC[C@@H]2CN1C(=O)N2OCc1ccccc1. The van der Waals surface area contributed by atoms with Gasteiger partial charge in [-0.05, 0) is 18.4 Å². The lowest BCUT2D eigenvalue weighted by Gasteiger charge is -2.30. The smallest absolute Gasteiger partial charge is 0.323 e. The third kappa shape index (κ3) is 3.70. The van der Waals surface area contributed by atoms with Gasteiger partial charge in [-0.25, -0.2) is 9.78 Å². The number of hydrogen-bond acceptors (Lipinski definition) is 6. The molecule has 2 saturated heterocycles. The maximum Gasteiger partial charge on any atom is 0.344 e. The van der Waals surface area contributed by atoms with Gasteiger partial charge >= 0.3 is 6.03 Å². The van der Waals surface area contributed by atoms with Crippen LogP contribution in [0.25, 0.3) is 0 Å². The van der Waals surface area contributed by atoms with E-state index in [9.17, 15) is 13.2 Å². The molecule has 2 fully saturated rings. The van der Waals surface area contributed by atoms with Crippen LogP contribution in [0.3, 0.4) is 0 Å². The number of hydroxylamine groups is 2. The fraction of sp³-hybridized carbons (Fsp3) is 0.389. The summed E-state index contributed by atoms with van der Waals surface area (Å²) in [7, 11) is -2.44. The van der Waals surface area contributed by atoms with Crippen LogP contribution in [0.5, 0.6) is 0 Å². The van der Waals surface area contributed by atoms with Crippen molar-refractivity contribution in [2.75, 3.05) is 6.54 Å². The van der Waals surface area contributed by atoms with E-state index in [0.29, 0.717) is 19.4 Å². The summed E-state index contributed by atoms with van der Waals surface area (Å²) in [6.07, 6.45) is 3.97. The molecule has 2 N–H and O–H groups in total. The van der Waals surface area contributed by atoms with Crippen LogP contribution in [-0.2, 0) is 28.5 Å². The van der Waals surface area contributed by atoms with E-state index in [2.05, 4.69) is 9.71 Å². The number of amidine groups is 1. The zero-order valence-electron chi connectivity index (χ0n) is 15.9. The zero-order valence-corrected chi connectivity index (χ0v) is 16.7. The number of nitrogens with one attached hydrogen (secondary N) is 2. The third-order valence-corrected chi connectivity index (χ3v) is 6.49. The number of carbonyl (C=O) groups excluding carboxylic acids is 1. The predicted molar refractivity (Wildman–Crippen MR) is 103 cm³/mol. The Morgan fingerprint density at radius 2 is 2.07 bits per heavy atom. The molecule has 1 aromatic carbocycles. The number of nitrogens with zero attached hydrogens (tertiary/aromatic N) is 4. The summed E-state index contributed by atoms with van der Waals surface area (Å²) in [6.45, 7) is 0.662. The molecule has 0 unspecified atom stereocenters. The Balaban J connectivity index is 1.43. The highest BCUT2D eigenvalue weighted by atomic mass is 32.2. The highest BCUT2D eigenvalue weighted by molar-refractivity contribution is 7.89. The number of aromatic nitrogens is 2. The second-order valence-electron chi connectivity index (χ2n) is 7.11. The summed E-state index contributed by atoms with van der Waals surface area (Å²) in [4.78, 5) is 23.9. The van der Waals surface area contributed by atoms with E-state index >= 15 is 0 Å². The number of rotatable bonds is 6.